The molecule has 1 rings (SSSR count). The van der Waals surface area contributed by atoms with Crippen molar-refractivity contribution < 1.29 is 15.0 Å². The molecular formula is C8H10O3. The molecule has 0 saturated heterocycles. The van der Waals surface area contributed by atoms with Gasteiger partial charge < -0.3 is 10.2 Å². The Morgan fingerprint density at radius 1 is 1.55 bits per heavy atom. The summed E-state index contributed by atoms with van der Waals surface area (Å²) in [7, 11) is 0. The third-order valence-electron chi connectivity index (χ3n) is 1.57. The molecule has 2 N–H and O–H groups in total. The zero-order valence-electron chi connectivity index (χ0n) is 6.19. The van der Waals surface area contributed by atoms with Crippen molar-refractivity contribution in [3.63, 3.8) is 0 Å². The van der Waals surface area contributed by atoms with E-state index in [9.17, 15) is 4.79 Å². The van der Waals surface area contributed by atoms with Crippen molar-refractivity contribution in [3.05, 3.63) is 23.8 Å². The van der Waals surface area contributed by atoms with E-state index in [0.29, 0.717) is 5.57 Å². The molecule has 0 unspecified atom stereocenters. The second-order valence-corrected chi connectivity index (χ2v) is 2.42. The summed E-state index contributed by atoms with van der Waals surface area (Å²) in [6.07, 6.45) is 2.32. The predicted octanol–water partition coefficient (Wildman–Crippen LogP) is -0.207. The summed E-state index contributed by atoms with van der Waals surface area (Å²) >= 11 is 0. The molecule has 60 valence electrons. The van der Waals surface area contributed by atoms with Crippen molar-refractivity contribution in [3.8, 4) is 0 Å². The molecular weight excluding hydrogens is 144 g/mol. The summed E-state index contributed by atoms with van der Waals surface area (Å²) in [5, 5.41) is 18.0. The topological polar surface area (TPSA) is 57.5 Å². The molecule has 3 heteroatoms. The second-order valence-electron chi connectivity index (χ2n) is 2.42. The average Bonchev–Trinajstić information content (AvgIpc) is 2.19. The van der Waals surface area contributed by atoms with E-state index in [1.807, 2.05) is 0 Å². The third kappa shape index (κ3) is 1.39. The quantitative estimate of drug-likeness (QED) is 0.549. The fourth-order valence-electron chi connectivity index (χ4n) is 1.00. The van der Waals surface area contributed by atoms with Crippen molar-refractivity contribution in [1.29, 1.82) is 0 Å². The standard InChI is InChI=1S/C8H10O3/c1-2-3-5-4-6(9)8(11)7(5)10/h2-4,6,8-9,11H,1H3/b3-2-/t6-,8+/m0/s1. The van der Waals surface area contributed by atoms with Crippen LogP contribution in [0.25, 0.3) is 0 Å². The average molecular weight is 154 g/mol. The van der Waals surface area contributed by atoms with E-state index in [4.69, 9.17) is 10.2 Å². The van der Waals surface area contributed by atoms with Crippen molar-refractivity contribution in [2.45, 2.75) is 19.1 Å². The number of aliphatic hydroxyl groups excluding tert-OH is 2. The number of rotatable bonds is 1. The van der Waals surface area contributed by atoms with E-state index in [-0.39, 0.29) is 0 Å². The third-order valence-corrected chi connectivity index (χ3v) is 1.57. The first-order valence-corrected chi connectivity index (χ1v) is 3.41. The van der Waals surface area contributed by atoms with Crippen LogP contribution in [0.4, 0.5) is 0 Å². The Morgan fingerprint density at radius 2 is 2.18 bits per heavy atom. The van der Waals surface area contributed by atoms with E-state index in [0.717, 1.165) is 0 Å². The monoisotopic (exact) mass is 154 g/mol. The Kier molecular flexibility index (Phi) is 2.22. The lowest BCUT2D eigenvalue weighted by Gasteiger charge is -2.02. The van der Waals surface area contributed by atoms with Crippen LogP contribution in [0.5, 0.6) is 0 Å². The van der Waals surface area contributed by atoms with Crippen LogP contribution in [0.1, 0.15) is 6.92 Å². The molecule has 0 fully saturated rings. The normalized spacial score (nSPS) is 31.5. The molecule has 3 nitrogen and oxygen atoms in total. The highest BCUT2D eigenvalue weighted by atomic mass is 16.3. The molecule has 0 aromatic heterocycles. The highest BCUT2D eigenvalue weighted by Crippen LogP contribution is 2.16. The Balaban J connectivity index is 2.83. The van der Waals surface area contributed by atoms with Gasteiger partial charge in [-0.2, -0.15) is 0 Å². The van der Waals surface area contributed by atoms with Gasteiger partial charge in [0.05, 0.1) is 0 Å². The van der Waals surface area contributed by atoms with Gasteiger partial charge in [0.15, 0.2) is 5.78 Å². The van der Waals surface area contributed by atoms with E-state index < -0.39 is 18.0 Å². The van der Waals surface area contributed by atoms with E-state index in [1.165, 1.54) is 6.08 Å². The number of Topliss-reactive ketones (excluding diaryl/α,β-unsaturated/α-hetero) is 1. The van der Waals surface area contributed by atoms with Crippen LogP contribution in [0.2, 0.25) is 0 Å². The summed E-state index contributed by atoms with van der Waals surface area (Å²) in [6.45, 7) is 1.77. The van der Waals surface area contributed by atoms with Gasteiger partial charge in [0.1, 0.15) is 12.2 Å². The Morgan fingerprint density at radius 3 is 2.55 bits per heavy atom. The fourth-order valence-corrected chi connectivity index (χ4v) is 1.00. The van der Waals surface area contributed by atoms with Crippen molar-refractivity contribution in [1.82, 2.24) is 0 Å². The van der Waals surface area contributed by atoms with E-state index >= 15 is 0 Å². The first-order chi connectivity index (χ1) is 5.16. The summed E-state index contributed by atoms with van der Waals surface area (Å²) in [5.41, 5.74) is 0.382. The van der Waals surface area contributed by atoms with Crippen LogP contribution < -0.4 is 0 Å². The van der Waals surface area contributed by atoms with Crippen molar-refractivity contribution in [2.75, 3.05) is 0 Å². The summed E-state index contributed by atoms with van der Waals surface area (Å²) in [6, 6.07) is 0. The Bertz CT molecular complexity index is 227. The largest absolute Gasteiger partial charge is 0.386 e. The summed E-state index contributed by atoms with van der Waals surface area (Å²) in [5.74, 6) is -0.407. The first kappa shape index (κ1) is 8.17. The highest BCUT2D eigenvalue weighted by molar-refractivity contribution is 6.04. The first-order valence-electron chi connectivity index (χ1n) is 3.41. The molecule has 0 aromatic carbocycles. The smallest absolute Gasteiger partial charge is 0.194 e. The molecule has 0 bridgehead atoms. The van der Waals surface area contributed by atoms with Crippen LogP contribution in [0.3, 0.4) is 0 Å². The zero-order valence-corrected chi connectivity index (χ0v) is 6.19. The summed E-state index contributed by atoms with van der Waals surface area (Å²) < 4.78 is 0. The number of allylic oxidation sites excluding steroid dienone is 2. The fraction of sp³-hybridized carbons (Fsp3) is 0.375. The van der Waals surface area contributed by atoms with Gasteiger partial charge in [0, 0.05) is 5.57 Å². The van der Waals surface area contributed by atoms with Gasteiger partial charge >= 0.3 is 0 Å². The number of hydrogen-bond acceptors (Lipinski definition) is 3. The maximum absolute atomic E-state index is 11.0. The van der Waals surface area contributed by atoms with E-state index in [2.05, 4.69) is 0 Å². The van der Waals surface area contributed by atoms with Gasteiger partial charge in [-0.3, -0.25) is 4.79 Å². The summed E-state index contributed by atoms with van der Waals surface area (Å²) in [4.78, 5) is 11.0. The lowest BCUT2D eigenvalue weighted by Crippen LogP contribution is -2.26. The van der Waals surface area contributed by atoms with Gasteiger partial charge in [-0.25, -0.2) is 0 Å². The van der Waals surface area contributed by atoms with Gasteiger partial charge in [0.25, 0.3) is 0 Å². The van der Waals surface area contributed by atoms with Gasteiger partial charge in [-0.1, -0.05) is 12.2 Å². The number of hydrogen-bond donors (Lipinski definition) is 2. The molecule has 11 heavy (non-hydrogen) atoms. The molecule has 0 aliphatic heterocycles. The van der Waals surface area contributed by atoms with Crippen molar-refractivity contribution in [2.24, 2.45) is 0 Å². The highest BCUT2D eigenvalue weighted by Gasteiger charge is 2.31. The maximum Gasteiger partial charge on any atom is 0.194 e. The van der Waals surface area contributed by atoms with Crippen LogP contribution in [0.15, 0.2) is 23.8 Å². The lowest BCUT2D eigenvalue weighted by atomic mass is 10.2. The number of ketones is 1. The minimum Gasteiger partial charge on any atom is -0.386 e. The minimum absolute atomic E-state index is 0.382. The number of carbonyl (C=O) groups is 1. The van der Waals surface area contributed by atoms with Crippen LogP contribution in [-0.2, 0) is 4.79 Å². The van der Waals surface area contributed by atoms with Crippen molar-refractivity contribution >= 4 is 5.78 Å². The maximum atomic E-state index is 11.0. The SMILES string of the molecule is C/C=C\C1=C[C@H](O)[C@@H](O)C1=O. The second kappa shape index (κ2) is 2.98. The number of aliphatic hydroxyl groups is 2. The van der Waals surface area contributed by atoms with Crippen LogP contribution in [-0.4, -0.2) is 28.2 Å². The molecule has 1 aliphatic rings. The molecule has 2 atom stereocenters. The Labute approximate surface area is 64.7 Å². The zero-order chi connectivity index (χ0) is 8.43. The predicted molar refractivity (Wildman–Crippen MR) is 39.9 cm³/mol. The number of carbonyl (C=O) groups excluding carboxylic acids is 1. The molecule has 0 amide bonds. The van der Waals surface area contributed by atoms with Gasteiger partial charge in [-0.15, -0.1) is 0 Å². The minimum atomic E-state index is -1.26. The Hall–Kier alpha value is -0.930. The molecule has 0 aromatic rings. The molecule has 1 aliphatic carbocycles. The van der Waals surface area contributed by atoms with Crippen LogP contribution in [0, 0.1) is 0 Å². The molecule has 0 radical (unpaired) electrons. The molecule has 0 spiro atoms. The molecule has 0 saturated carbocycles. The van der Waals surface area contributed by atoms with Gasteiger partial charge in [-0.05, 0) is 13.0 Å². The van der Waals surface area contributed by atoms with E-state index in [1.54, 1.807) is 19.1 Å². The molecule has 0 heterocycles. The van der Waals surface area contributed by atoms with Gasteiger partial charge in [0.2, 0.25) is 0 Å². The van der Waals surface area contributed by atoms with Crippen LogP contribution >= 0.6 is 0 Å². The lowest BCUT2D eigenvalue weighted by molar-refractivity contribution is -0.125.